The van der Waals surface area contributed by atoms with Crippen molar-refractivity contribution in [2.45, 2.75) is 12.8 Å². The number of nitrogens with zero attached hydrogens (tertiary/aromatic N) is 2. The van der Waals surface area contributed by atoms with Gasteiger partial charge in [0, 0.05) is 12.2 Å². The number of carbonyl (C=O) groups is 1. The van der Waals surface area contributed by atoms with Crippen LogP contribution in [0.5, 0.6) is 5.75 Å². The molecule has 0 atom stereocenters. The minimum atomic E-state index is -0.176. The van der Waals surface area contributed by atoms with Gasteiger partial charge in [0.15, 0.2) is 0 Å². The van der Waals surface area contributed by atoms with Crippen LogP contribution in [-0.4, -0.2) is 47.0 Å². The summed E-state index contributed by atoms with van der Waals surface area (Å²) in [5.41, 5.74) is 2.80. The number of hydrogen-bond donors (Lipinski definition) is 2. The molecular formula is C20H22N4O2. The lowest BCUT2D eigenvalue weighted by Crippen LogP contribution is -2.25. The lowest BCUT2D eigenvalue weighted by molar-refractivity contribution is 0.102. The third-order valence-electron chi connectivity index (χ3n) is 4.68. The number of benzene rings is 2. The number of imidazole rings is 1. The van der Waals surface area contributed by atoms with Gasteiger partial charge >= 0.3 is 0 Å². The zero-order valence-electron chi connectivity index (χ0n) is 14.6. The van der Waals surface area contributed by atoms with Crippen molar-refractivity contribution >= 4 is 22.6 Å². The predicted molar refractivity (Wildman–Crippen MR) is 102 cm³/mol. The molecule has 0 aliphatic carbocycles. The van der Waals surface area contributed by atoms with Gasteiger partial charge in [0.2, 0.25) is 0 Å². The van der Waals surface area contributed by atoms with E-state index in [1.54, 1.807) is 12.4 Å². The van der Waals surface area contributed by atoms with Crippen LogP contribution in [-0.2, 0) is 0 Å². The maximum atomic E-state index is 12.5. The Morgan fingerprint density at radius 2 is 1.96 bits per heavy atom. The number of ether oxygens (including phenoxy) is 1. The van der Waals surface area contributed by atoms with E-state index in [4.69, 9.17) is 4.74 Å². The molecule has 1 aliphatic heterocycles. The van der Waals surface area contributed by atoms with Gasteiger partial charge in [-0.25, -0.2) is 4.98 Å². The Morgan fingerprint density at radius 1 is 1.15 bits per heavy atom. The van der Waals surface area contributed by atoms with E-state index in [0.717, 1.165) is 23.5 Å². The average Bonchev–Trinajstić information content (AvgIpc) is 3.34. The highest BCUT2D eigenvalue weighted by molar-refractivity contribution is 6.11. The molecule has 1 amide bonds. The summed E-state index contributed by atoms with van der Waals surface area (Å²) >= 11 is 0. The summed E-state index contributed by atoms with van der Waals surface area (Å²) in [6.07, 6.45) is 4.18. The Labute approximate surface area is 152 Å². The van der Waals surface area contributed by atoms with Crippen LogP contribution >= 0.6 is 0 Å². The second-order valence-electron chi connectivity index (χ2n) is 6.48. The summed E-state index contributed by atoms with van der Waals surface area (Å²) in [5, 5.41) is 2.91. The van der Waals surface area contributed by atoms with Crippen molar-refractivity contribution < 1.29 is 9.53 Å². The number of carbonyl (C=O) groups excluding carboxylic acids is 1. The molecule has 1 fully saturated rings. The largest absolute Gasteiger partial charge is 0.492 e. The molecular weight excluding hydrogens is 328 g/mol. The molecule has 0 saturated carbocycles. The van der Waals surface area contributed by atoms with Gasteiger partial charge in [-0.2, -0.15) is 0 Å². The topological polar surface area (TPSA) is 70.2 Å². The van der Waals surface area contributed by atoms with E-state index < -0.39 is 0 Å². The van der Waals surface area contributed by atoms with Gasteiger partial charge in [-0.15, -0.1) is 0 Å². The first-order valence-corrected chi connectivity index (χ1v) is 8.98. The number of rotatable bonds is 6. The van der Waals surface area contributed by atoms with Gasteiger partial charge in [0.25, 0.3) is 5.91 Å². The summed E-state index contributed by atoms with van der Waals surface area (Å²) in [5.74, 6) is 0.641. The van der Waals surface area contributed by atoms with Crippen LogP contribution < -0.4 is 10.1 Å². The van der Waals surface area contributed by atoms with Crippen molar-refractivity contribution in [1.29, 1.82) is 0 Å². The molecule has 6 nitrogen and oxygen atoms in total. The van der Waals surface area contributed by atoms with Gasteiger partial charge in [-0.3, -0.25) is 9.69 Å². The molecule has 2 heterocycles. The van der Waals surface area contributed by atoms with Crippen LogP contribution in [0.4, 0.5) is 5.69 Å². The fraction of sp³-hybridized carbons (Fsp3) is 0.300. The summed E-state index contributed by atoms with van der Waals surface area (Å²) in [6.45, 7) is 4.01. The highest BCUT2D eigenvalue weighted by atomic mass is 16.5. The van der Waals surface area contributed by atoms with Crippen LogP contribution in [0.2, 0.25) is 0 Å². The first-order valence-electron chi connectivity index (χ1n) is 8.98. The first-order chi connectivity index (χ1) is 12.8. The molecule has 0 unspecified atom stereocenters. The number of aromatic amines is 1. The number of hydrogen-bond acceptors (Lipinski definition) is 4. The van der Waals surface area contributed by atoms with Gasteiger partial charge in [-0.05, 0) is 62.3 Å². The summed E-state index contributed by atoms with van der Waals surface area (Å²) < 4.78 is 5.79. The van der Waals surface area contributed by atoms with E-state index >= 15 is 0 Å². The third kappa shape index (κ3) is 3.70. The van der Waals surface area contributed by atoms with Crippen LogP contribution in [0, 0.1) is 0 Å². The van der Waals surface area contributed by atoms with Crippen molar-refractivity contribution in [2.24, 2.45) is 0 Å². The van der Waals surface area contributed by atoms with E-state index in [1.165, 1.54) is 25.9 Å². The van der Waals surface area contributed by atoms with Gasteiger partial charge in [0.05, 0.1) is 17.4 Å². The smallest absolute Gasteiger partial charge is 0.257 e. The molecule has 2 N–H and O–H groups in total. The lowest BCUT2D eigenvalue weighted by Gasteiger charge is -2.15. The third-order valence-corrected chi connectivity index (χ3v) is 4.68. The molecule has 0 bridgehead atoms. The molecule has 1 saturated heterocycles. The molecule has 1 aromatic heterocycles. The molecule has 3 aromatic rings. The SMILES string of the molecule is O=C(Nc1ccc(OCCN2CCCC2)cc1)c1cccc2[nH]cnc12. The second-order valence-corrected chi connectivity index (χ2v) is 6.48. The normalized spacial score (nSPS) is 14.6. The molecule has 4 rings (SSSR count). The van der Waals surface area contributed by atoms with Gasteiger partial charge in [0.1, 0.15) is 17.9 Å². The van der Waals surface area contributed by atoms with Crippen LogP contribution in [0.3, 0.4) is 0 Å². The zero-order chi connectivity index (χ0) is 17.8. The number of aromatic nitrogens is 2. The molecule has 0 radical (unpaired) electrons. The van der Waals surface area contributed by atoms with E-state index in [2.05, 4.69) is 20.2 Å². The second kappa shape index (κ2) is 7.58. The number of para-hydroxylation sites is 1. The van der Waals surface area contributed by atoms with Gasteiger partial charge in [-0.1, -0.05) is 6.07 Å². The van der Waals surface area contributed by atoms with Gasteiger partial charge < -0.3 is 15.0 Å². The van der Waals surface area contributed by atoms with E-state index in [-0.39, 0.29) is 5.91 Å². The highest BCUT2D eigenvalue weighted by Crippen LogP contribution is 2.19. The van der Waals surface area contributed by atoms with Crippen molar-refractivity contribution in [3.8, 4) is 5.75 Å². The number of fused-ring (bicyclic) bond motifs is 1. The van der Waals surface area contributed by atoms with E-state index in [0.29, 0.717) is 17.7 Å². The maximum Gasteiger partial charge on any atom is 0.257 e. The van der Waals surface area contributed by atoms with Crippen LogP contribution in [0.1, 0.15) is 23.2 Å². The number of anilines is 1. The Hall–Kier alpha value is -2.86. The van der Waals surface area contributed by atoms with Crippen molar-refractivity contribution in [3.05, 3.63) is 54.4 Å². The van der Waals surface area contributed by atoms with Crippen molar-refractivity contribution in [2.75, 3.05) is 31.6 Å². The highest BCUT2D eigenvalue weighted by Gasteiger charge is 2.12. The average molecular weight is 350 g/mol. The Kier molecular flexibility index (Phi) is 4.84. The first kappa shape index (κ1) is 16.6. The maximum absolute atomic E-state index is 12.5. The molecule has 1 aliphatic rings. The summed E-state index contributed by atoms with van der Waals surface area (Å²) in [4.78, 5) is 22.2. The standard InChI is InChI=1S/C20H22N4O2/c25-20(17-4-3-5-18-19(17)22-14-21-18)23-15-6-8-16(9-7-15)26-13-12-24-10-1-2-11-24/h3-9,14H,1-2,10-13H2,(H,21,22)(H,23,25). The lowest BCUT2D eigenvalue weighted by atomic mass is 10.1. The molecule has 2 aromatic carbocycles. The van der Waals surface area contributed by atoms with Crippen molar-refractivity contribution in [3.63, 3.8) is 0 Å². The number of H-pyrrole nitrogens is 1. The minimum Gasteiger partial charge on any atom is -0.492 e. The van der Waals surface area contributed by atoms with Crippen molar-refractivity contribution in [1.82, 2.24) is 14.9 Å². The van der Waals surface area contributed by atoms with E-state index in [1.807, 2.05) is 36.4 Å². The fourth-order valence-electron chi connectivity index (χ4n) is 3.28. The fourth-order valence-corrected chi connectivity index (χ4v) is 3.28. The molecule has 26 heavy (non-hydrogen) atoms. The van der Waals surface area contributed by atoms with E-state index in [9.17, 15) is 4.79 Å². The zero-order valence-corrected chi connectivity index (χ0v) is 14.6. The predicted octanol–water partition coefficient (Wildman–Crippen LogP) is 3.29. The Balaban J connectivity index is 1.34. The number of likely N-dealkylation sites (tertiary alicyclic amines) is 1. The Bertz CT molecular complexity index is 882. The Morgan fingerprint density at radius 3 is 2.77 bits per heavy atom. The molecule has 0 spiro atoms. The number of amides is 1. The summed E-state index contributed by atoms with van der Waals surface area (Å²) in [7, 11) is 0. The minimum absolute atomic E-state index is 0.176. The number of nitrogens with one attached hydrogen (secondary N) is 2. The van der Waals surface area contributed by atoms with Crippen LogP contribution in [0.25, 0.3) is 11.0 Å². The van der Waals surface area contributed by atoms with Crippen LogP contribution in [0.15, 0.2) is 48.8 Å². The summed E-state index contributed by atoms with van der Waals surface area (Å²) in [6, 6.07) is 13.0. The molecule has 134 valence electrons. The monoisotopic (exact) mass is 350 g/mol. The molecule has 6 heteroatoms. The quantitative estimate of drug-likeness (QED) is 0.716.